The first-order chi connectivity index (χ1) is 7.15. The molecular formula is C9H13N5O. The highest BCUT2D eigenvalue weighted by atomic mass is 16.1. The molecule has 0 spiro atoms. The normalized spacial score (nSPS) is 13.3. The predicted octanol–water partition coefficient (Wildman–Crippen LogP) is 0.496. The van der Waals surface area contributed by atoms with Gasteiger partial charge in [-0.1, -0.05) is 12.1 Å². The molecular weight excluding hydrogens is 194 g/mol. The van der Waals surface area contributed by atoms with Crippen LogP contribution in [-0.2, 0) is 7.05 Å². The fourth-order valence-electron chi connectivity index (χ4n) is 1.44. The molecule has 0 fully saturated rings. The molecule has 2 heterocycles. The summed E-state index contributed by atoms with van der Waals surface area (Å²) in [6.07, 6.45) is 2.44. The molecule has 0 aliphatic carbocycles. The summed E-state index contributed by atoms with van der Waals surface area (Å²) in [4.78, 5) is 16.1. The first kappa shape index (κ1) is 9.82. The van der Waals surface area contributed by atoms with Crippen molar-refractivity contribution in [1.82, 2.24) is 24.5 Å². The number of rotatable bonds is 2. The highest BCUT2D eigenvalue weighted by Crippen LogP contribution is 2.07. The molecule has 0 saturated carbocycles. The number of fused-ring (bicyclic) bond motifs is 1. The number of hydrogen-bond acceptors (Lipinski definition) is 4. The molecule has 0 aliphatic rings. The Morgan fingerprint density at radius 1 is 1.53 bits per heavy atom. The summed E-state index contributed by atoms with van der Waals surface area (Å²) < 4.78 is 3.09. The molecule has 0 N–H and O–H groups in total. The van der Waals surface area contributed by atoms with Gasteiger partial charge in [0.2, 0.25) is 0 Å². The van der Waals surface area contributed by atoms with Crippen LogP contribution in [-0.4, -0.2) is 24.5 Å². The molecule has 0 saturated heterocycles. The Balaban J connectivity index is 2.71. The summed E-state index contributed by atoms with van der Waals surface area (Å²) in [5, 5.41) is 7.59. The van der Waals surface area contributed by atoms with Crippen molar-refractivity contribution < 1.29 is 0 Å². The summed E-state index contributed by atoms with van der Waals surface area (Å²) >= 11 is 0. The Bertz CT molecular complexity index is 541. The molecule has 0 unspecified atom stereocenters. The lowest BCUT2D eigenvalue weighted by molar-refractivity contribution is 0.510. The van der Waals surface area contributed by atoms with Gasteiger partial charge >= 0.3 is 0 Å². The minimum atomic E-state index is -0.123. The Labute approximate surface area is 86.5 Å². The second-order valence-electron chi connectivity index (χ2n) is 3.60. The fourth-order valence-corrected chi connectivity index (χ4v) is 1.44. The van der Waals surface area contributed by atoms with Gasteiger partial charge in [-0.05, 0) is 13.3 Å². The average Bonchev–Trinajstić information content (AvgIpc) is 2.61. The van der Waals surface area contributed by atoms with Crippen molar-refractivity contribution in [2.45, 2.75) is 26.3 Å². The Morgan fingerprint density at radius 3 is 2.93 bits per heavy atom. The number of nitrogens with zero attached hydrogens (tertiary/aromatic N) is 5. The molecule has 0 aliphatic heterocycles. The van der Waals surface area contributed by atoms with E-state index in [9.17, 15) is 4.79 Å². The van der Waals surface area contributed by atoms with Crippen LogP contribution in [0.25, 0.3) is 11.2 Å². The fraction of sp³-hybridized carbons (Fsp3) is 0.556. The quantitative estimate of drug-likeness (QED) is 0.719. The van der Waals surface area contributed by atoms with Gasteiger partial charge in [0.1, 0.15) is 6.33 Å². The van der Waals surface area contributed by atoms with E-state index in [0.717, 1.165) is 6.42 Å². The first-order valence-electron chi connectivity index (χ1n) is 4.91. The van der Waals surface area contributed by atoms with E-state index in [1.807, 2.05) is 13.8 Å². The highest BCUT2D eigenvalue weighted by Gasteiger charge is 2.12. The van der Waals surface area contributed by atoms with Crippen molar-refractivity contribution in [1.29, 1.82) is 0 Å². The molecule has 1 atom stereocenters. The van der Waals surface area contributed by atoms with Crippen molar-refractivity contribution in [2.24, 2.45) is 7.05 Å². The van der Waals surface area contributed by atoms with E-state index < -0.39 is 0 Å². The summed E-state index contributed by atoms with van der Waals surface area (Å²) in [5.41, 5.74) is 0.738. The minimum Gasteiger partial charge on any atom is -0.294 e. The van der Waals surface area contributed by atoms with Gasteiger partial charge in [-0.3, -0.25) is 9.36 Å². The number of hydrogen-bond donors (Lipinski definition) is 0. The molecule has 0 bridgehead atoms. The largest absolute Gasteiger partial charge is 0.294 e. The Kier molecular flexibility index (Phi) is 2.26. The molecule has 0 radical (unpaired) electrons. The van der Waals surface area contributed by atoms with Crippen LogP contribution in [0, 0.1) is 0 Å². The highest BCUT2D eigenvalue weighted by molar-refractivity contribution is 5.67. The average molecular weight is 207 g/mol. The molecule has 6 nitrogen and oxygen atoms in total. The monoisotopic (exact) mass is 207 g/mol. The molecule has 2 aromatic rings. The van der Waals surface area contributed by atoms with Gasteiger partial charge in [-0.2, -0.15) is 0 Å². The van der Waals surface area contributed by atoms with E-state index >= 15 is 0 Å². The third-order valence-corrected chi connectivity index (χ3v) is 2.60. The zero-order valence-electron chi connectivity index (χ0n) is 9.01. The third-order valence-electron chi connectivity index (χ3n) is 2.60. The molecule has 2 rings (SSSR count). The van der Waals surface area contributed by atoms with Crippen molar-refractivity contribution in [3.8, 4) is 0 Å². The lowest BCUT2D eigenvalue weighted by atomic mass is 10.2. The van der Waals surface area contributed by atoms with Crippen molar-refractivity contribution in [3.63, 3.8) is 0 Å². The van der Waals surface area contributed by atoms with Crippen molar-refractivity contribution in [2.75, 3.05) is 0 Å². The SMILES string of the molecule is CC[C@@H](C)n1cnc2c(nnn2C)c1=O. The first-order valence-corrected chi connectivity index (χ1v) is 4.91. The van der Waals surface area contributed by atoms with Crippen LogP contribution in [0.2, 0.25) is 0 Å². The topological polar surface area (TPSA) is 65.6 Å². The molecule has 80 valence electrons. The zero-order valence-corrected chi connectivity index (χ0v) is 9.01. The van der Waals surface area contributed by atoms with E-state index in [4.69, 9.17) is 0 Å². The van der Waals surface area contributed by atoms with E-state index in [1.165, 1.54) is 4.68 Å². The second kappa shape index (κ2) is 3.45. The van der Waals surface area contributed by atoms with Gasteiger partial charge in [0.05, 0.1) is 0 Å². The maximum Gasteiger partial charge on any atom is 0.283 e. The van der Waals surface area contributed by atoms with E-state index in [2.05, 4.69) is 15.3 Å². The van der Waals surface area contributed by atoms with Crippen LogP contribution in [0.3, 0.4) is 0 Å². The van der Waals surface area contributed by atoms with Crippen LogP contribution in [0.15, 0.2) is 11.1 Å². The molecule has 0 amide bonds. The van der Waals surface area contributed by atoms with Gasteiger partial charge in [-0.15, -0.1) is 5.10 Å². The van der Waals surface area contributed by atoms with Crippen molar-refractivity contribution >= 4 is 11.2 Å². The van der Waals surface area contributed by atoms with Crippen LogP contribution >= 0.6 is 0 Å². The maximum atomic E-state index is 11.9. The van der Waals surface area contributed by atoms with Crippen molar-refractivity contribution in [3.05, 3.63) is 16.7 Å². The minimum absolute atomic E-state index is 0.123. The van der Waals surface area contributed by atoms with E-state index in [-0.39, 0.29) is 11.6 Å². The lowest BCUT2D eigenvalue weighted by Crippen LogP contribution is -2.23. The Hall–Kier alpha value is -1.72. The molecule has 6 heteroatoms. The lowest BCUT2D eigenvalue weighted by Gasteiger charge is -2.10. The van der Waals surface area contributed by atoms with Crippen LogP contribution in [0.5, 0.6) is 0 Å². The maximum absolute atomic E-state index is 11.9. The predicted molar refractivity (Wildman–Crippen MR) is 55.6 cm³/mol. The van der Waals surface area contributed by atoms with Gasteiger partial charge in [0.25, 0.3) is 5.56 Å². The smallest absolute Gasteiger partial charge is 0.283 e. The summed E-state index contributed by atoms with van der Waals surface area (Å²) in [6.45, 7) is 4.00. The zero-order chi connectivity index (χ0) is 11.0. The second-order valence-corrected chi connectivity index (χ2v) is 3.60. The van der Waals surface area contributed by atoms with E-state index in [0.29, 0.717) is 11.2 Å². The molecule has 0 aromatic carbocycles. The van der Waals surface area contributed by atoms with Crippen LogP contribution in [0.4, 0.5) is 0 Å². The summed E-state index contributed by atoms with van der Waals surface area (Å²) in [6, 6.07) is 0.136. The number of aryl methyl sites for hydroxylation is 1. The van der Waals surface area contributed by atoms with Gasteiger partial charge in [0.15, 0.2) is 11.2 Å². The van der Waals surface area contributed by atoms with Crippen LogP contribution in [0.1, 0.15) is 26.3 Å². The van der Waals surface area contributed by atoms with Gasteiger partial charge in [0, 0.05) is 13.1 Å². The third kappa shape index (κ3) is 1.42. The standard InChI is InChI=1S/C9H13N5O/c1-4-6(2)14-5-10-8-7(9(14)15)11-12-13(8)3/h5-6H,4H2,1-3H3/t6-/m1/s1. The summed E-state index contributed by atoms with van der Waals surface area (Å²) in [5.74, 6) is 0. The van der Waals surface area contributed by atoms with Crippen LogP contribution < -0.4 is 5.56 Å². The van der Waals surface area contributed by atoms with Gasteiger partial charge in [-0.25, -0.2) is 9.67 Å². The summed E-state index contributed by atoms with van der Waals surface area (Å²) in [7, 11) is 1.72. The Morgan fingerprint density at radius 2 is 2.27 bits per heavy atom. The molecule has 15 heavy (non-hydrogen) atoms. The number of aromatic nitrogens is 5. The van der Waals surface area contributed by atoms with Gasteiger partial charge < -0.3 is 0 Å². The van der Waals surface area contributed by atoms with E-state index in [1.54, 1.807) is 17.9 Å². The molecule has 2 aromatic heterocycles.